The summed E-state index contributed by atoms with van der Waals surface area (Å²) in [5.74, 6) is 0. The van der Waals surface area contributed by atoms with E-state index in [4.69, 9.17) is 9.57 Å². The van der Waals surface area contributed by atoms with Crippen LogP contribution < -0.4 is 0 Å². The van der Waals surface area contributed by atoms with Gasteiger partial charge in [0, 0.05) is 13.7 Å². The molecule has 66 valence electrons. The van der Waals surface area contributed by atoms with Gasteiger partial charge < -0.3 is 4.74 Å². The topological polar surface area (TPSA) is 21.7 Å². The summed E-state index contributed by atoms with van der Waals surface area (Å²) in [4.78, 5) is 5.52. The van der Waals surface area contributed by atoms with E-state index in [0.29, 0.717) is 0 Å². The van der Waals surface area contributed by atoms with Crippen LogP contribution in [0.4, 0.5) is 0 Å². The maximum absolute atomic E-state index is 5.52. The van der Waals surface area contributed by atoms with Crippen molar-refractivity contribution >= 4 is 0 Å². The third-order valence-electron chi connectivity index (χ3n) is 1.77. The first-order valence-corrected chi connectivity index (χ1v) is 4.20. The molecule has 1 aliphatic rings. The van der Waals surface area contributed by atoms with Gasteiger partial charge in [-0.2, -0.15) is 5.06 Å². The van der Waals surface area contributed by atoms with Gasteiger partial charge in [0.05, 0.1) is 6.10 Å². The zero-order chi connectivity index (χ0) is 8.27. The highest BCUT2D eigenvalue weighted by Crippen LogP contribution is 2.18. The van der Waals surface area contributed by atoms with Gasteiger partial charge in [-0.25, -0.2) is 0 Å². The van der Waals surface area contributed by atoms with Gasteiger partial charge >= 0.3 is 0 Å². The second-order valence-electron chi connectivity index (χ2n) is 3.13. The maximum atomic E-state index is 5.52. The van der Waals surface area contributed by atoms with Crippen LogP contribution in [0.15, 0.2) is 0 Å². The lowest BCUT2D eigenvalue weighted by atomic mass is 10.4. The molecule has 0 aromatic heterocycles. The minimum absolute atomic E-state index is 0.178. The van der Waals surface area contributed by atoms with Crippen LogP contribution in [0.3, 0.4) is 0 Å². The molecule has 0 aromatic carbocycles. The number of hydroxylamine groups is 2. The molecule has 0 N–H and O–H groups in total. The highest BCUT2D eigenvalue weighted by molar-refractivity contribution is 4.64. The third-order valence-corrected chi connectivity index (χ3v) is 1.77. The predicted octanol–water partition coefficient (Wildman–Crippen LogP) is 1.39. The maximum Gasteiger partial charge on any atom is 0.132 e. The van der Waals surface area contributed by atoms with Gasteiger partial charge in [0.1, 0.15) is 6.23 Å². The number of hydrogen-bond donors (Lipinski definition) is 0. The van der Waals surface area contributed by atoms with Crippen LogP contribution >= 0.6 is 0 Å². The van der Waals surface area contributed by atoms with Crippen LogP contribution in [0.2, 0.25) is 0 Å². The lowest BCUT2D eigenvalue weighted by Crippen LogP contribution is -2.33. The second-order valence-corrected chi connectivity index (χ2v) is 3.13. The minimum atomic E-state index is 0.178. The molecule has 1 unspecified atom stereocenters. The predicted molar refractivity (Wildman–Crippen MR) is 43.0 cm³/mol. The Bertz CT molecular complexity index is 117. The molecule has 1 saturated heterocycles. The quantitative estimate of drug-likeness (QED) is 0.621. The van der Waals surface area contributed by atoms with Crippen LogP contribution in [0.1, 0.15) is 26.7 Å². The fraction of sp³-hybridized carbons (Fsp3) is 1.00. The Labute approximate surface area is 68.2 Å². The first-order valence-electron chi connectivity index (χ1n) is 4.20. The Morgan fingerprint density at radius 1 is 1.45 bits per heavy atom. The van der Waals surface area contributed by atoms with Crippen molar-refractivity contribution in [3.63, 3.8) is 0 Å². The van der Waals surface area contributed by atoms with Crippen LogP contribution in [0.25, 0.3) is 0 Å². The van der Waals surface area contributed by atoms with Crippen molar-refractivity contribution in [3.8, 4) is 0 Å². The number of hydrogen-bond acceptors (Lipinski definition) is 3. The van der Waals surface area contributed by atoms with Crippen molar-refractivity contribution < 1.29 is 9.57 Å². The molecule has 0 aliphatic carbocycles. The van der Waals surface area contributed by atoms with Gasteiger partial charge in [0.15, 0.2) is 0 Å². The van der Waals surface area contributed by atoms with E-state index in [9.17, 15) is 0 Å². The molecule has 1 fully saturated rings. The van der Waals surface area contributed by atoms with Crippen molar-refractivity contribution in [1.29, 1.82) is 0 Å². The molecule has 0 radical (unpaired) electrons. The van der Waals surface area contributed by atoms with Gasteiger partial charge in [0.25, 0.3) is 0 Å². The van der Waals surface area contributed by atoms with E-state index in [1.807, 2.05) is 18.9 Å². The van der Waals surface area contributed by atoms with E-state index in [-0.39, 0.29) is 12.3 Å². The summed E-state index contributed by atoms with van der Waals surface area (Å²) < 4.78 is 5.23. The molecule has 1 rings (SSSR count). The summed E-state index contributed by atoms with van der Waals surface area (Å²) in [7, 11) is 1.73. The number of nitrogens with zero attached hydrogens (tertiary/aromatic N) is 1. The molecule has 3 nitrogen and oxygen atoms in total. The highest BCUT2D eigenvalue weighted by Gasteiger charge is 2.25. The molecule has 0 spiro atoms. The summed E-state index contributed by atoms with van der Waals surface area (Å²) in [6, 6.07) is 0. The Morgan fingerprint density at radius 3 is 2.73 bits per heavy atom. The van der Waals surface area contributed by atoms with E-state index in [2.05, 4.69) is 0 Å². The summed E-state index contributed by atoms with van der Waals surface area (Å²) >= 11 is 0. The monoisotopic (exact) mass is 159 g/mol. The normalized spacial score (nSPS) is 26.7. The summed E-state index contributed by atoms with van der Waals surface area (Å²) in [6.45, 7) is 5.06. The minimum Gasteiger partial charge on any atom is -0.364 e. The lowest BCUT2D eigenvalue weighted by Gasteiger charge is -2.24. The van der Waals surface area contributed by atoms with Crippen LogP contribution in [-0.2, 0) is 9.57 Å². The first kappa shape index (κ1) is 8.97. The van der Waals surface area contributed by atoms with Crippen molar-refractivity contribution in [3.05, 3.63) is 0 Å². The van der Waals surface area contributed by atoms with Crippen LogP contribution in [0, 0.1) is 0 Å². The highest BCUT2D eigenvalue weighted by atomic mass is 16.7. The molecular formula is C8H17NO2. The van der Waals surface area contributed by atoms with Gasteiger partial charge in [-0.05, 0) is 26.7 Å². The van der Waals surface area contributed by atoms with Gasteiger partial charge in [-0.3, -0.25) is 4.84 Å². The summed E-state index contributed by atoms with van der Waals surface area (Å²) in [5.41, 5.74) is 0. The molecule has 11 heavy (non-hydrogen) atoms. The number of methoxy groups -OCH3 is 1. The molecular weight excluding hydrogens is 142 g/mol. The van der Waals surface area contributed by atoms with E-state index >= 15 is 0 Å². The smallest absolute Gasteiger partial charge is 0.132 e. The molecule has 0 saturated carbocycles. The Kier molecular flexibility index (Phi) is 3.30. The van der Waals surface area contributed by atoms with Crippen molar-refractivity contribution in [2.75, 3.05) is 13.7 Å². The summed E-state index contributed by atoms with van der Waals surface area (Å²) in [5, 5.41) is 1.94. The largest absolute Gasteiger partial charge is 0.364 e. The molecule has 0 amide bonds. The molecule has 1 atom stereocenters. The molecule has 1 heterocycles. The van der Waals surface area contributed by atoms with Crippen molar-refractivity contribution in [2.45, 2.75) is 39.0 Å². The average molecular weight is 159 g/mol. The Hall–Kier alpha value is -0.120. The van der Waals surface area contributed by atoms with E-state index in [0.717, 1.165) is 13.0 Å². The molecule has 0 aromatic rings. The summed E-state index contributed by atoms with van der Waals surface area (Å²) in [6.07, 6.45) is 2.69. The average Bonchev–Trinajstić information content (AvgIpc) is 2.34. The SMILES string of the molecule is COC1CCCN1OC(C)C. The fourth-order valence-electron chi connectivity index (χ4n) is 1.34. The Morgan fingerprint density at radius 2 is 2.18 bits per heavy atom. The van der Waals surface area contributed by atoms with Crippen LogP contribution in [0.5, 0.6) is 0 Å². The first-order chi connectivity index (χ1) is 5.24. The molecule has 0 bridgehead atoms. The van der Waals surface area contributed by atoms with Gasteiger partial charge in [-0.15, -0.1) is 0 Å². The molecule has 1 aliphatic heterocycles. The lowest BCUT2D eigenvalue weighted by molar-refractivity contribution is -0.246. The fourth-order valence-corrected chi connectivity index (χ4v) is 1.34. The van der Waals surface area contributed by atoms with E-state index in [1.54, 1.807) is 7.11 Å². The zero-order valence-electron chi connectivity index (χ0n) is 7.54. The molecule has 3 heteroatoms. The van der Waals surface area contributed by atoms with Gasteiger partial charge in [-0.1, -0.05) is 0 Å². The number of ether oxygens (including phenoxy) is 1. The second kappa shape index (κ2) is 4.04. The zero-order valence-corrected chi connectivity index (χ0v) is 7.54. The van der Waals surface area contributed by atoms with Crippen molar-refractivity contribution in [1.82, 2.24) is 5.06 Å². The van der Waals surface area contributed by atoms with Crippen molar-refractivity contribution in [2.24, 2.45) is 0 Å². The van der Waals surface area contributed by atoms with E-state index in [1.165, 1.54) is 6.42 Å². The standard InChI is InChI=1S/C8H17NO2/c1-7(2)11-9-6-4-5-8(9)10-3/h7-8H,4-6H2,1-3H3. The number of rotatable bonds is 3. The van der Waals surface area contributed by atoms with Crippen LogP contribution in [-0.4, -0.2) is 31.0 Å². The van der Waals surface area contributed by atoms with E-state index < -0.39 is 0 Å². The third kappa shape index (κ3) is 2.43. The Balaban J connectivity index is 2.31. The van der Waals surface area contributed by atoms with Gasteiger partial charge in [0.2, 0.25) is 0 Å².